The van der Waals surface area contributed by atoms with Gasteiger partial charge in [-0.3, -0.25) is 4.90 Å². The molecule has 20 heavy (non-hydrogen) atoms. The van der Waals surface area contributed by atoms with E-state index >= 15 is 0 Å². The Hall–Kier alpha value is -0.980. The zero-order valence-corrected chi connectivity index (χ0v) is 12.7. The summed E-state index contributed by atoms with van der Waals surface area (Å²) in [5.41, 5.74) is 5.48. The largest absolute Gasteiger partial charge is 0.378 e. The summed E-state index contributed by atoms with van der Waals surface area (Å²) in [6.07, 6.45) is 5.21. The zero-order chi connectivity index (χ0) is 14.4. The van der Waals surface area contributed by atoms with E-state index in [1.807, 2.05) is 4.68 Å². The van der Waals surface area contributed by atoms with Gasteiger partial charge in [0.1, 0.15) is 12.2 Å². The summed E-state index contributed by atoms with van der Waals surface area (Å²) in [5, 5.41) is 4.29. The molecule has 1 aromatic rings. The van der Waals surface area contributed by atoms with Crippen LogP contribution in [0.2, 0.25) is 0 Å². The number of likely N-dealkylation sites (tertiary alicyclic amines) is 1. The van der Waals surface area contributed by atoms with Gasteiger partial charge in [-0.25, -0.2) is 9.67 Å². The molecule has 2 N–H and O–H groups in total. The average molecular weight is 281 g/mol. The average Bonchev–Trinajstić information content (AvgIpc) is 2.89. The van der Waals surface area contributed by atoms with E-state index in [2.05, 4.69) is 28.8 Å². The molecule has 0 amide bonds. The maximum absolute atomic E-state index is 5.83. The molecule has 0 bridgehead atoms. The van der Waals surface area contributed by atoms with Crippen molar-refractivity contribution in [3.63, 3.8) is 0 Å². The summed E-state index contributed by atoms with van der Waals surface area (Å²) in [5.74, 6) is 1.06. The molecule has 0 radical (unpaired) electrons. The van der Waals surface area contributed by atoms with E-state index in [-0.39, 0.29) is 0 Å². The number of rotatable bonds is 7. The van der Waals surface area contributed by atoms with Crippen molar-refractivity contribution in [1.82, 2.24) is 19.7 Å². The van der Waals surface area contributed by atoms with E-state index < -0.39 is 0 Å². The number of piperidine rings is 1. The van der Waals surface area contributed by atoms with Crippen molar-refractivity contribution in [1.29, 1.82) is 0 Å². The minimum absolute atomic E-state index is 0.365. The van der Waals surface area contributed by atoms with Crippen molar-refractivity contribution < 1.29 is 4.74 Å². The fraction of sp³-hybridized carbons (Fsp3) is 0.857. The van der Waals surface area contributed by atoms with E-state index in [0.29, 0.717) is 18.7 Å². The highest BCUT2D eigenvalue weighted by Crippen LogP contribution is 2.16. The summed E-state index contributed by atoms with van der Waals surface area (Å²) < 4.78 is 7.83. The lowest BCUT2D eigenvalue weighted by molar-refractivity contribution is 0.00485. The van der Waals surface area contributed by atoms with Crippen LogP contribution in [-0.2, 0) is 11.3 Å². The first-order valence-electron chi connectivity index (χ1n) is 7.63. The number of hydrogen-bond acceptors (Lipinski definition) is 5. The first kappa shape index (κ1) is 15.4. The molecule has 1 fully saturated rings. The molecule has 1 saturated heterocycles. The Balaban J connectivity index is 1.75. The summed E-state index contributed by atoms with van der Waals surface area (Å²) in [4.78, 5) is 6.81. The Bertz CT molecular complexity index is 385. The molecule has 1 aromatic heterocycles. The number of aromatic nitrogens is 3. The van der Waals surface area contributed by atoms with Crippen LogP contribution in [0.25, 0.3) is 0 Å². The molecule has 0 aromatic carbocycles. The lowest BCUT2D eigenvalue weighted by Crippen LogP contribution is -2.37. The molecule has 0 spiro atoms. The van der Waals surface area contributed by atoms with Crippen LogP contribution in [0.5, 0.6) is 0 Å². The topological polar surface area (TPSA) is 69.2 Å². The van der Waals surface area contributed by atoms with Gasteiger partial charge in [0, 0.05) is 25.7 Å². The zero-order valence-electron chi connectivity index (χ0n) is 12.7. The van der Waals surface area contributed by atoms with Gasteiger partial charge in [0.2, 0.25) is 0 Å². The second kappa shape index (κ2) is 7.71. The fourth-order valence-electron chi connectivity index (χ4n) is 2.59. The van der Waals surface area contributed by atoms with E-state index in [4.69, 9.17) is 10.5 Å². The molecule has 0 atom stereocenters. The lowest BCUT2D eigenvalue weighted by atomic mass is 10.1. The van der Waals surface area contributed by atoms with Crippen LogP contribution in [0.4, 0.5) is 0 Å². The Morgan fingerprint density at radius 2 is 2.15 bits per heavy atom. The molecule has 2 rings (SSSR count). The first-order chi connectivity index (χ1) is 9.70. The second-order valence-electron chi connectivity index (χ2n) is 5.70. The molecule has 0 saturated carbocycles. The third kappa shape index (κ3) is 4.26. The van der Waals surface area contributed by atoms with Crippen LogP contribution in [0.3, 0.4) is 0 Å². The molecule has 0 unspecified atom stereocenters. The minimum Gasteiger partial charge on any atom is -0.378 e. The van der Waals surface area contributed by atoms with Crippen molar-refractivity contribution in [2.24, 2.45) is 5.73 Å². The van der Waals surface area contributed by atoms with Gasteiger partial charge in [-0.15, -0.1) is 0 Å². The van der Waals surface area contributed by atoms with Gasteiger partial charge in [0.25, 0.3) is 0 Å². The molecule has 1 aliphatic rings. The van der Waals surface area contributed by atoms with Gasteiger partial charge in [-0.1, -0.05) is 0 Å². The molecular weight excluding hydrogens is 254 g/mol. The van der Waals surface area contributed by atoms with Gasteiger partial charge in [-0.05, 0) is 39.7 Å². The molecule has 6 nitrogen and oxygen atoms in total. The van der Waals surface area contributed by atoms with Crippen molar-refractivity contribution in [2.45, 2.75) is 51.8 Å². The maximum atomic E-state index is 5.83. The van der Waals surface area contributed by atoms with Gasteiger partial charge in [-0.2, -0.15) is 5.10 Å². The Labute approximate surface area is 121 Å². The number of ether oxygens (including phenoxy) is 1. The second-order valence-corrected chi connectivity index (χ2v) is 5.70. The smallest absolute Gasteiger partial charge is 0.141 e. The predicted octanol–water partition coefficient (Wildman–Crippen LogP) is 1.19. The first-order valence-corrected chi connectivity index (χ1v) is 7.63. The Morgan fingerprint density at radius 1 is 1.40 bits per heavy atom. The minimum atomic E-state index is 0.365. The number of hydrogen-bond donors (Lipinski definition) is 1. The van der Waals surface area contributed by atoms with Crippen molar-refractivity contribution in [3.05, 3.63) is 12.2 Å². The summed E-state index contributed by atoms with van der Waals surface area (Å²) in [6, 6.07) is 0.365. The van der Waals surface area contributed by atoms with Gasteiger partial charge in [0.15, 0.2) is 0 Å². The maximum Gasteiger partial charge on any atom is 0.141 e. The van der Waals surface area contributed by atoms with Crippen LogP contribution in [0.15, 0.2) is 6.33 Å². The van der Waals surface area contributed by atoms with Crippen LogP contribution in [0.1, 0.15) is 45.0 Å². The lowest BCUT2D eigenvalue weighted by Gasteiger charge is -2.31. The number of nitrogens with zero attached hydrogens (tertiary/aromatic N) is 4. The molecule has 114 valence electrons. The quantitative estimate of drug-likeness (QED) is 0.760. The normalized spacial score (nSPS) is 18.0. The van der Waals surface area contributed by atoms with Gasteiger partial charge >= 0.3 is 0 Å². The summed E-state index contributed by atoms with van der Waals surface area (Å²) in [7, 11) is 0. The van der Waals surface area contributed by atoms with Gasteiger partial charge < -0.3 is 10.5 Å². The summed E-state index contributed by atoms with van der Waals surface area (Å²) in [6.45, 7) is 8.79. The Morgan fingerprint density at radius 3 is 2.80 bits per heavy atom. The Kier molecular flexibility index (Phi) is 5.94. The monoisotopic (exact) mass is 281 g/mol. The predicted molar refractivity (Wildman–Crippen MR) is 78.3 cm³/mol. The fourth-order valence-corrected chi connectivity index (χ4v) is 2.59. The van der Waals surface area contributed by atoms with Crippen LogP contribution >= 0.6 is 0 Å². The highest BCUT2D eigenvalue weighted by atomic mass is 16.5. The van der Waals surface area contributed by atoms with Crippen LogP contribution in [-0.4, -0.2) is 52.0 Å². The van der Waals surface area contributed by atoms with Crippen LogP contribution < -0.4 is 5.73 Å². The standard InChI is InChI=1S/C14H27N5O/c1-12(2)19-14(16-11-17-19)10-18-7-4-13(5-8-18)20-9-3-6-15/h11-13H,3-10,15H2,1-2H3. The summed E-state index contributed by atoms with van der Waals surface area (Å²) >= 11 is 0. The van der Waals surface area contributed by atoms with E-state index in [0.717, 1.165) is 51.3 Å². The SMILES string of the molecule is CC(C)n1ncnc1CN1CCC(OCCCN)CC1. The highest BCUT2D eigenvalue weighted by molar-refractivity contribution is 4.88. The molecule has 2 heterocycles. The third-order valence-electron chi connectivity index (χ3n) is 3.74. The molecule has 6 heteroatoms. The van der Waals surface area contributed by atoms with Crippen molar-refractivity contribution in [3.8, 4) is 0 Å². The van der Waals surface area contributed by atoms with E-state index in [1.54, 1.807) is 6.33 Å². The number of nitrogens with two attached hydrogens (primary N) is 1. The van der Waals surface area contributed by atoms with E-state index in [9.17, 15) is 0 Å². The van der Waals surface area contributed by atoms with Gasteiger partial charge in [0.05, 0.1) is 12.6 Å². The third-order valence-corrected chi connectivity index (χ3v) is 3.74. The van der Waals surface area contributed by atoms with Crippen molar-refractivity contribution >= 4 is 0 Å². The van der Waals surface area contributed by atoms with Crippen molar-refractivity contribution in [2.75, 3.05) is 26.2 Å². The molecule has 0 aliphatic carbocycles. The molecule has 1 aliphatic heterocycles. The van der Waals surface area contributed by atoms with Crippen LogP contribution in [0, 0.1) is 0 Å². The molecular formula is C14H27N5O. The highest BCUT2D eigenvalue weighted by Gasteiger charge is 2.21. The van der Waals surface area contributed by atoms with E-state index in [1.165, 1.54) is 0 Å².